The van der Waals surface area contributed by atoms with Gasteiger partial charge in [0.1, 0.15) is 0 Å². The summed E-state index contributed by atoms with van der Waals surface area (Å²) < 4.78 is 32.5. The smallest absolute Gasteiger partial charge is 0.162 e. The number of hydrogen-bond acceptors (Lipinski definition) is 2. The van der Waals surface area contributed by atoms with Crippen molar-refractivity contribution in [1.82, 2.24) is 4.90 Å². The van der Waals surface area contributed by atoms with E-state index in [2.05, 4.69) is 11.8 Å². The van der Waals surface area contributed by atoms with E-state index >= 15 is 0 Å². The summed E-state index contributed by atoms with van der Waals surface area (Å²) in [4.78, 5) is 2.39. The van der Waals surface area contributed by atoms with E-state index in [0.29, 0.717) is 17.4 Å². The average molecular weight is 323 g/mol. The fraction of sp³-hybridized carbons (Fsp3) is 0.684. The molecule has 1 aromatic carbocycles. The van der Waals surface area contributed by atoms with Crippen molar-refractivity contribution in [3.63, 3.8) is 0 Å². The lowest BCUT2D eigenvalue weighted by Crippen LogP contribution is -2.42. The van der Waals surface area contributed by atoms with Gasteiger partial charge in [0, 0.05) is 19.8 Å². The van der Waals surface area contributed by atoms with Crippen LogP contribution in [0.15, 0.2) is 18.2 Å². The summed E-state index contributed by atoms with van der Waals surface area (Å²) in [5.41, 5.74) is 0.919. The lowest BCUT2D eigenvalue weighted by Gasteiger charge is -2.44. The molecule has 4 heteroatoms. The summed E-state index contributed by atoms with van der Waals surface area (Å²) >= 11 is 0. The second-order valence-corrected chi connectivity index (χ2v) is 7.35. The van der Waals surface area contributed by atoms with Gasteiger partial charge in [0.05, 0.1) is 0 Å². The molecule has 128 valence electrons. The van der Waals surface area contributed by atoms with Gasteiger partial charge in [0.25, 0.3) is 0 Å². The summed E-state index contributed by atoms with van der Waals surface area (Å²) in [5, 5.41) is 0. The second-order valence-electron chi connectivity index (χ2n) is 7.35. The van der Waals surface area contributed by atoms with Crippen LogP contribution in [0, 0.1) is 23.0 Å². The Hall–Kier alpha value is -1.00. The zero-order valence-electron chi connectivity index (χ0n) is 14.0. The molecule has 23 heavy (non-hydrogen) atoms. The van der Waals surface area contributed by atoms with Gasteiger partial charge in [0.15, 0.2) is 11.6 Å². The van der Waals surface area contributed by atoms with Crippen molar-refractivity contribution in [3.8, 4) is 0 Å². The molecule has 0 amide bonds. The van der Waals surface area contributed by atoms with Crippen molar-refractivity contribution in [3.05, 3.63) is 35.4 Å². The van der Waals surface area contributed by atoms with E-state index in [1.807, 2.05) is 0 Å². The Kier molecular flexibility index (Phi) is 5.32. The zero-order chi connectivity index (χ0) is 16.3. The highest BCUT2D eigenvalue weighted by Gasteiger charge is 2.37. The highest BCUT2D eigenvalue weighted by Crippen LogP contribution is 2.42. The molecule has 1 aromatic rings. The third-order valence-electron chi connectivity index (χ3n) is 5.94. The zero-order valence-corrected chi connectivity index (χ0v) is 14.0. The van der Waals surface area contributed by atoms with Gasteiger partial charge in [-0.25, -0.2) is 8.78 Å². The quantitative estimate of drug-likeness (QED) is 0.829. The maximum atomic E-state index is 13.7. The van der Waals surface area contributed by atoms with E-state index in [-0.39, 0.29) is 0 Å². The molecule has 2 aliphatic heterocycles. The fourth-order valence-corrected chi connectivity index (χ4v) is 4.12. The van der Waals surface area contributed by atoms with Crippen LogP contribution in [0.1, 0.15) is 38.2 Å². The molecule has 0 unspecified atom stereocenters. The van der Waals surface area contributed by atoms with Gasteiger partial charge in [-0.1, -0.05) is 19.1 Å². The first-order valence-electron chi connectivity index (χ1n) is 8.81. The third-order valence-corrected chi connectivity index (χ3v) is 5.94. The average Bonchev–Trinajstić information content (AvgIpc) is 2.57. The molecule has 0 spiro atoms. The summed E-state index contributed by atoms with van der Waals surface area (Å²) in [6.45, 7) is 7.16. The molecule has 2 fully saturated rings. The molecule has 0 aromatic heterocycles. The molecule has 0 aliphatic carbocycles. The molecule has 2 nitrogen and oxygen atoms in total. The van der Waals surface area contributed by atoms with Crippen molar-refractivity contribution in [2.24, 2.45) is 11.3 Å². The predicted molar refractivity (Wildman–Crippen MR) is 87.4 cm³/mol. The van der Waals surface area contributed by atoms with Gasteiger partial charge in [-0.2, -0.15) is 0 Å². The van der Waals surface area contributed by atoms with Crippen LogP contribution in [0.25, 0.3) is 0 Å². The lowest BCUT2D eigenvalue weighted by atomic mass is 9.68. The molecule has 0 radical (unpaired) electrons. The molecule has 0 saturated carbocycles. The number of rotatable bonds is 4. The largest absolute Gasteiger partial charge is 0.381 e. The van der Waals surface area contributed by atoms with E-state index in [4.69, 9.17) is 4.74 Å². The van der Waals surface area contributed by atoms with Crippen LogP contribution in [-0.4, -0.2) is 37.7 Å². The highest BCUT2D eigenvalue weighted by atomic mass is 19.2. The Morgan fingerprint density at radius 2 is 1.87 bits per heavy atom. The molecule has 2 saturated heterocycles. The topological polar surface area (TPSA) is 12.5 Å². The van der Waals surface area contributed by atoms with Gasteiger partial charge in [-0.15, -0.1) is 0 Å². The predicted octanol–water partition coefficient (Wildman–Crippen LogP) is 4.04. The lowest BCUT2D eigenvalue weighted by molar-refractivity contribution is -0.0252. The molecule has 2 aliphatic rings. The van der Waals surface area contributed by atoms with Crippen LogP contribution in [0.5, 0.6) is 0 Å². The maximum Gasteiger partial charge on any atom is 0.162 e. The van der Waals surface area contributed by atoms with E-state index < -0.39 is 11.6 Å². The van der Waals surface area contributed by atoms with Crippen molar-refractivity contribution in [2.75, 3.05) is 32.8 Å². The Balaban J connectivity index is 1.48. The molecule has 0 bridgehead atoms. The molecule has 0 N–H and O–H groups in total. The Bertz CT molecular complexity index is 520. The Labute approximate surface area is 137 Å². The summed E-state index contributed by atoms with van der Waals surface area (Å²) in [6, 6.07) is 4.46. The van der Waals surface area contributed by atoms with Crippen molar-refractivity contribution in [1.29, 1.82) is 0 Å². The van der Waals surface area contributed by atoms with Gasteiger partial charge in [-0.05, 0) is 68.2 Å². The molecule has 0 atom stereocenters. The fourth-order valence-electron chi connectivity index (χ4n) is 4.12. The van der Waals surface area contributed by atoms with Crippen LogP contribution < -0.4 is 0 Å². The first-order chi connectivity index (χ1) is 11.1. The Morgan fingerprint density at radius 1 is 1.17 bits per heavy atom. The van der Waals surface area contributed by atoms with Crippen LogP contribution >= 0.6 is 0 Å². The van der Waals surface area contributed by atoms with Crippen molar-refractivity contribution < 1.29 is 13.5 Å². The molecular formula is C19H27F2NO. The minimum Gasteiger partial charge on any atom is -0.381 e. The van der Waals surface area contributed by atoms with E-state index in [1.165, 1.54) is 31.7 Å². The summed E-state index contributed by atoms with van der Waals surface area (Å²) in [5.74, 6) is -0.653. The monoisotopic (exact) mass is 323 g/mol. The number of piperidine rings is 1. The minimum atomic E-state index is -0.742. The van der Waals surface area contributed by atoms with E-state index in [1.54, 1.807) is 12.1 Å². The SMILES string of the molecule is CC1(C2CCN(CCc3cccc(F)c3F)CC2)CCOCC1. The first kappa shape index (κ1) is 16.8. The number of nitrogens with zero attached hydrogens (tertiary/aromatic N) is 1. The van der Waals surface area contributed by atoms with Gasteiger partial charge >= 0.3 is 0 Å². The number of hydrogen-bond donors (Lipinski definition) is 0. The van der Waals surface area contributed by atoms with E-state index in [9.17, 15) is 8.78 Å². The normalized spacial score (nSPS) is 23.1. The first-order valence-corrected chi connectivity index (χ1v) is 8.81. The van der Waals surface area contributed by atoms with Gasteiger partial charge in [0.2, 0.25) is 0 Å². The summed E-state index contributed by atoms with van der Waals surface area (Å²) in [7, 11) is 0. The van der Waals surface area contributed by atoms with Crippen LogP contribution in [0.3, 0.4) is 0 Å². The van der Waals surface area contributed by atoms with Gasteiger partial charge < -0.3 is 9.64 Å². The standard InChI is InChI=1S/C19H27F2NO/c1-19(8-13-23-14-9-19)16-6-11-22(12-7-16)10-5-15-3-2-4-17(20)18(15)21/h2-4,16H,5-14H2,1H3. The van der Waals surface area contributed by atoms with Crippen LogP contribution in [0.2, 0.25) is 0 Å². The van der Waals surface area contributed by atoms with Crippen molar-refractivity contribution >= 4 is 0 Å². The van der Waals surface area contributed by atoms with Gasteiger partial charge in [-0.3, -0.25) is 0 Å². The number of halogens is 2. The maximum absolute atomic E-state index is 13.7. The van der Waals surface area contributed by atoms with Crippen LogP contribution in [-0.2, 0) is 11.2 Å². The number of ether oxygens (including phenoxy) is 1. The summed E-state index contributed by atoms with van der Waals surface area (Å²) in [6.07, 6.45) is 5.35. The number of likely N-dealkylation sites (tertiary alicyclic amines) is 1. The number of benzene rings is 1. The highest BCUT2D eigenvalue weighted by molar-refractivity contribution is 5.19. The van der Waals surface area contributed by atoms with E-state index in [0.717, 1.165) is 38.8 Å². The van der Waals surface area contributed by atoms with Crippen LogP contribution in [0.4, 0.5) is 8.78 Å². The molecular weight excluding hydrogens is 296 g/mol. The molecule has 3 rings (SSSR count). The van der Waals surface area contributed by atoms with Crippen molar-refractivity contribution in [2.45, 2.75) is 39.0 Å². The Morgan fingerprint density at radius 3 is 2.57 bits per heavy atom. The minimum absolute atomic E-state index is 0.430. The second kappa shape index (κ2) is 7.27. The molecule has 2 heterocycles. The third kappa shape index (κ3) is 3.92.